The summed E-state index contributed by atoms with van der Waals surface area (Å²) in [5, 5.41) is 20.5. The molecule has 3 rings (SSSR count). The highest BCUT2D eigenvalue weighted by Crippen LogP contribution is 2.34. The SMILES string of the molecule is N#Cc1ccc([N+](=O)[O-])c(Sc2ncc(-c3ccc(F)cc3)[nH]2)c1. The van der Waals surface area contributed by atoms with Crippen molar-refractivity contribution in [3.8, 4) is 17.3 Å². The summed E-state index contributed by atoms with van der Waals surface area (Å²) in [6.07, 6.45) is 1.57. The molecule has 0 fully saturated rings. The van der Waals surface area contributed by atoms with E-state index in [-0.39, 0.29) is 11.5 Å². The average Bonchev–Trinajstić information content (AvgIpc) is 3.03. The fraction of sp³-hybridized carbons (Fsp3) is 0. The van der Waals surface area contributed by atoms with Crippen LogP contribution < -0.4 is 0 Å². The molecule has 0 atom stereocenters. The van der Waals surface area contributed by atoms with Crippen LogP contribution in [0.4, 0.5) is 10.1 Å². The van der Waals surface area contributed by atoms with Crippen molar-refractivity contribution >= 4 is 17.4 Å². The van der Waals surface area contributed by atoms with Crippen LogP contribution in [0.3, 0.4) is 0 Å². The van der Waals surface area contributed by atoms with Crippen molar-refractivity contribution in [3.63, 3.8) is 0 Å². The van der Waals surface area contributed by atoms with E-state index in [1.165, 1.54) is 30.3 Å². The highest BCUT2D eigenvalue weighted by Gasteiger charge is 2.17. The minimum Gasteiger partial charge on any atom is -0.333 e. The topological polar surface area (TPSA) is 95.6 Å². The van der Waals surface area contributed by atoms with E-state index in [4.69, 9.17) is 5.26 Å². The van der Waals surface area contributed by atoms with Crippen molar-refractivity contribution in [1.82, 2.24) is 9.97 Å². The third-order valence-corrected chi connectivity index (χ3v) is 4.15. The summed E-state index contributed by atoms with van der Waals surface area (Å²) < 4.78 is 13.0. The molecule has 0 saturated carbocycles. The van der Waals surface area contributed by atoms with E-state index in [1.807, 2.05) is 6.07 Å². The van der Waals surface area contributed by atoms with Gasteiger partial charge in [0.25, 0.3) is 5.69 Å². The summed E-state index contributed by atoms with van der Waals surface area (Å²) in [6, 6.07) is 12.0. The highest BCUT2D eigenvalue weighted by atomic mass is 32.2. The summed E-state index contributed by atoms with van der Waals surface area (Å²) in [7, 11) is 0. The molecule has 0 unspecified atom stereocenters. The molecule has 1 N–H and O–H groups in total. The van der Waals surface area contributed by atoms with Gasteiger partial charge in [-0.15, -0.1) is 0 Å². The van der Waals surface area contributed by atoms with Crippen molar-refractivity contribution < 1.29 is 9.31 Å². The van der Waals surface area contributed by atoms with Gasteiger partial charge in [-0.2, -0.15) is 5.26 Å². The predicted octanol–water partition coefficient (Wildman–Crippen LogP) is 4.15. The number of H-pyrrole nitrogens is 1. The fourth-order valence-electron chi connectivity index (χ4n) is 2.05. The van der Waals surface area contributed by atoms with E-state index >= 15 is 0 Å². The number of benzene rings is 2. The number of nitriles is 1. The lowest BCUT2D eigenvalue weighted by atomic mass is 10.2. The standard InChI is InChI=1S/C16H9FN4O2S/c17-12-4-2-11(3-5-12)13-9-19-16(20-13)24-15-7-10(8-18)1-6-14(15)21(22)23/h1-7,9H,(H,19,20). The Morgan fingerprint density at radius 2 is 2.00 bits per heavy atom. The third-order valence-electron chi connectivity index (χ3n) is 3.20. The summed E-state index contributed by atoms with van der Waals surface area (Å²) in [5.74, 6) is -0.336. The van der Waals surface area contributed by atoms with Crippen molar-refractivity contribution in [2.45, 2.75) is 10.1 Å². The van der Waals surface area contributed by atoms with Gasteiger partial charge in [0.2, 0.25) is 0 Å². The maximum absolute atomic E-state index is 13.0. The lowest BCUT2D eigenvalue weighted by Crippen LogP contribution is -1.92. The molecule has 6 nitrogen and oxygen atoms in total. The molecule has 0 aliphatic carbocycles. The number of halogens is 1. The molecule has 1 heterocycles. The Bertz CT molecular complexity index is 947. The maximum Gasteiger partial charge on any atom is 0.283 e. The van der Waals surface area contributed by atoms with Gasteiger partial charge in [-0.05, 0) is 53.7 Å². The van der Waals surface area contributed by atoms with Gasteiger partial charge in [0, 0.05) is 6.07 Å². The van der Waals surface area contributed by atoms with Gasteiger partial charge in [-0.3, -0.25) is 10.1 Å². The first-order chi connectivity index (χ1) is 11.6. The summed E-state index contributed by atoms with van der Waals surface area (Å²) in [5.41, 5.74) is 1.64. The first kappa shape index (κ1) is 15.7. The van der Waals surface area contributed by atoms with Crippen LogP contribution in [0.1, 0.15) is 5.56 Å². The molecule has 1 aromatic heterocycles. The minimum absolute atomic E-state index is 0.0984. The van der Waals surface area contributed by atoms with Crippen LogP contribution in [0.25, 0.3) is 11.3 Å². The zero-order valence-electron chi connectivity index (χ0n) is 12.1. The number of hydrogen-bond acceptors (Lipinski definition) is 5. The van der Waals surface area contributed by atoms with Gasteiger partial charge in [-0.25, -0.2) is 9.37 Å². The number of rotatable bonds is 4. The molecule has 0 radical (unpaired) electrons. The van der Waals surface area contributed by atoms with Gasteiger partial charge in [-0.1, -0.05) is 0 Å². The molecular weight excluding hydrogens is 331 g/mol. The van der Waals surface area contributed by atoms with E-state index in [1.54, 1.807) is 18.3 Å². The molecule has 0 bridgehead atoms. The molecule has 8 heteroatoms. The largest absolute Gasteiger partial charge is 0.333 e. The van der Waals surface area contributed by atoms with Crippen LogP contribution >= 0.6 is 11.8 Å². The number of nitro groups is 1. The number of nitrogens with one attached hydrogen (secondary N) is 1. The fourth-order valence-corrected chi connectivity index (χ4v) is 2.96. The first-order valence-electron chi connectivity index (χ1n) is 6.74. The Hall–Kier alpha value is -3.18. The van der Waals surface area contributed by atoms with E-state index in [0.29, 0.717) is 21.3 Å². The Morgan fingerprint density at radius 3 is 2.67 bits per heavy atom. The molecule has 24 heavy (non-hydrogen) atoms. The minimum atomic E-state index is -0.507. The molecule has 118 valence electrons. The van der Waals surface area contributed by atoms with Crippen molar-refractivity contribution in [2.75, 3.05) is 0 Å². The Labute approximate surface area is 140 Å². The number of hydrogen-bond donors (Lipinski definition) is 1. The molecule has 2 aromatic carbocycles. The van der Waals surface area contributed by atoms with Crippen LogP contribution in [-0.4, -0.2) is 14.9 Å². The van der Waals surface area contributed by atoms with E-state index in [0.717, 1.165) is 17.3 Å². The number of aromatic amines is 1. The molecular formula is C16H9FN4O2S. The Balaban J connectivity index is 1.91. The van der Waals surface area contributed by atoms with E-state index < -0.39 is 4.92 Å². The molecule has 3 aromatic rings. The number of imidazole rings is 1. The number of nitro benzene ring substituents is 1. The van der Waals surface area contributed by atoms with Gasteiger partial charge >= 0.3 is 0 Å². The molecule has 0 aliphatic rings. The molecule has 0 aliphatic heterocycles. The van der Waals surface area contributed by atoms with Crippen molar-refractivity contribution in [1.29, 1.82) is 5.26 Å². The van der Waals surface area contributed by atoms with E-state index in [9.17, 15) is 14.5 Å². The summed E-state index contributed by atoms with van der Waals surface area (Å²) in [6.45, 7) is 0. The number of aromatic nitrogens is 2. The normalized spacial score (nSPS) is 10.3. The van der Waals surface area contributed by atoms with Gasteiger partial charge in [0.05, 0.1) is 33.3 Å². The first-order valence-corrected chi connectivity index (χ1v) is 7.56. The Kier molecular flexibility index (Phi) is 4.26. The van der Waals surface area contributed by atoms with E-state index in [2.05, 4.69) is 9.97 Å². The zero-order valence-corrected chi connectivity index (χ0v) is 12.9. The summed E-state index contributed by atoms with van der Waals surface area (Å²) >= 11 is 1.06. The third kappa shape index (κ3) is 3.26. The second-order valence-electron chi connectivity index (χ2n) is 4.76. The monoisotopic (exact) mass is 340 g/mol. The lowest BCUT2D eigenvalue weighted by Gasteiger charge is -2.01. The molecule has 0 amide bonds. The second-order valence-corrected chi connectivity index (χ2v) is 5.79. The Morgan fingerprint density at radius 1 is 1.25 bits per heavy atom. The highest BCUT2D eigenvalue weighted by molar-refractivity contribution is 7.99. The van der Waals surface area contributed by atoms with Crippen LogP contribution in [0.2, 0.25) is 0 Å². The second kappa shape index (κ2) is 6.52. The van der Waals surface area contributed by atoms with Gasteiger partial charge in [0.15, 0.2) is 5.16 Å². The zero-order chi connectivity index (χ0) is 17.1. The van der Waals surface area contributed by atoms with Crippen LogP contribution in [0.5, 0.6) is 0 Å². The predicted molar refractivity (Wildman–Crippen MR) is 85.9 cm³/mol. The maximum atomic E-state index is 13.0. The van der Waals surface area contributed by atoms with Crippen LogP contribution in [0.15, 0.2) is 58.7 Å². The quantitative estimate of drug-likeness (QED) is 0.568. The lowest BCUT2D eigenvalue weighted by molar-refractivity contribution is -0.387. The molecule has 0 saturated heterocycles. The average molecular weight is 340 g/mol. The summed E-state index contributed by atoms with van der Waals surface area (Å²) in [4.78, 5) is 18.1. The van der Waals surface area contributed by atoms with Gasteiger partial charge < -0.3 is 4.98 Å². The van der Waals surface area contributed by atoms with Gasteiger partial charge in [0.1, 0.15) is 5.82 Å². The smallest absolute Gasteiger partial charge is 0.283 e. The van der Waals surface area contributed by atoms with Crippen LogP contribution in [-0.2, 0) is 0 Å². The molecule has 0 spiro atoms. The number of nitrogens with zero attached hydrogens (tertiary/aromatic N) is 3. The van der Waals surface area contributed by atoms with Crippen LogP contribution in [0, 0.1) is 27.3 Å². The van der Waals surface area contributed by atoms with Crippen molar-refractivity contribution in [3.05, 3.63) is 70.2 Å². The van der Waals surface area contributed by atoms with Crippen molar-refractivity contribution in [2.24, 2.45) is 0 Å².